The summed E-state index contributed by atoms with van der Waals surface area (Å²) in [5.74, 6) is 0.714. The largest absolute Gasteiger partial charge is 0.317 e. The van der Waals surface area contributed by atoms with Crippen LogP contribution in [-0.4, -0.2) is 27.5 Å². The average molecular weight is 355 g/mol. The zero-order valence-electron chi connectivity index (χ0n) is 13.5. The van der Waals surface area contributed by atoms with Gasteiger partial charge >= 0.3 is 0 Å². The van der Waals surface area contributed by atoms with E-state index in [0.29, 0.717) is 5.92 Å². The number of imidazole rings is 1. The number of nitrogens with zero attached hydrogens (tertiary/aromatic N) is 3. The second kappa shape index (κ2) is 5.65. The fourth-order valence-electron chi connectivity index (χ4n) is 3.43. The minimum absolute atomic E-state index is 0.714. The van der Waals surface area contributed by atoms with Crippen molar-refractivity contribution in [3.63, 3.8) is 0 Å². The van der Waals surface area contributed by atoms with Gasteiger partial charge in [0.15, 0.2) is 0 Å². The summed E-state index contributed by atoms with van der Waals surface area (Å²) in [4.78, 5) is 12.1. The summed E-state index contributed by atoms with van der Waals surface area (Å²) < 4.78 is 3.41. The van der Waals surface area contributed by atoms with Crippen molar-refractivity contribution in [2.45, 2.75) is 25.7 Å². The fraction of sp³-hybridized carbons (Fsp3) is 0.333. The molecule has 1 aliphatic rings. The molecule has 5 rings (SSSR count). The zero-order valence-corrected chi connectivity index (χ0v) is 15.1. The number of fused-ring (bicyclic) bond motifs is 2. The molecule has 0 bridgehead atoms. The van der Waals surface area contributed by atoms with Crippen LogP contribution in [0, 0.1) is 6.92 Å². The molecule has 24 heavy (non-hydrogen) atoms. The van der Waals surface area contributed by atoms with Crippen molar-refractivity contribution < 1.29 is 0 Å². The highest BCUT2D eigenvalue weighted by molar-refractivity contribution is 7.28. The molecule has 0 amide bonds. The number of nitrogens with one attached hydrogen (secondary N) is 1. The Morgan fingerprint density at radius 3 is 2.83 bits per heavy atom. The molecule has 4 nitrogen and oxygen atoms in total. The number of pyridine rings is 1. The van der Waals surface area contributed by atoms with Gasteiger partial charge in [0.2, 0.25) is 0 Å². The van der Waals surface area contributed by atoms with E-state index >= 15 is 0 Å². The third-order valence-corrected chi connectivity index (χ3v) is 7.04. The maximum absolute atomic E-state index is 4.90. The van der Waals surface area contributed by atoms with E-state index in [9.17, 15) is 0 Å². The first-order valence-electron chi connectivity index (χ1n) is 8.33. The zero-order chi connectivity index (χ0) is 16.1. The third-order valence-electron chi connectivity index (χ3n) is 4.67. The highest BCUT2D eigenvalue weighted by Gasteiger charge is 2.19. The molecule has 122 valence electrons. The Morgan fingerprint density at radius 2 is 2.00 bits per heavy atom. The first-order chi connectivity index (χ1) is 11.8. The molecule has 1 aliphatic heterocycles. The van der Waals surface area contributed by atoms with E-state index in [1.807, 2.05) is 18.3 Å². The van der Waals surface area contributed by atoms with Gasteiger partial charge in [-0.3, -0.25) is 0 Å². The molecule has 0 aliphatic carbocycles. The van der Waals surface area contributed by atoms with Gasteiger partial charge in [0, 0.05) is 22.8 Å². The lowest BCUT2D eigenvalue weighted by Gasteiger charge is -2.21. The Morgan fingerprint density at radius 1 is 1.12 bits per heavy atom. The van der Waals surface area contributed by atoms with Crippen LogP contribution in [0.25, 0.3) is 25.7 Å². The number of aryl methyl sites for hydroxylation is 1. The van der Waals surface area contributed by atoms with Gasteiger partial charge < -0.3 is 9.72 Å². The number of piperidine rings is 1. The number of aromatic nitrogens is 3. The van der Waals surface area contributed by atoms with E-state index in [1.54, 1.807) is 11.3 Å². The van der Waals surface area contributed by atoms with E-state index < -0.39 is 0 Å². The van der Waals surface area contributed by atoms with Gasteiger partial charge in [-0.2, -0.15) is 0 Å². The molecule has 1 fully saturated rings. The van der Waals surface area contributed by atoms with Crippen LogP contribution < -0.4 is 5.32 Å². The summed E-state index contributed by atoms with van der Waals surface area (Å²) in [6.45, 7) is 4.30. The normalized spacial score (nSPS) is 16.4. The monoisotopic (exact) mass is 354 g/mol. The molecule has 6 heteroatoms. The van der Waals surface area contributed by atoms with Gasteiger partial charge in [-0.15, -0.1) is 22.7 Å². The van der Waals surface area contributed by atoms with Crippen LogP contribution in [0.5, 0.6) is 0 Å². The van der Waals surface area contributed by atoms with Crippen LogP contribution in [0.1, 0.15) is 29.3 Å². The summed E-state index contributed by atoms with van der Waals surface area (Å²) in [6, 6.07) is 6.56. The predicted octanol–water partition coefficient (Wildman–Crippen LogP) is 4.45. The predicted molar refractivity (Wildman–Crippen MR) is 101 cm³/mol. The number of thiophene rings is 1. The Balaban J connectivity index is 1.51. The van der Waals surface area contributed by atoms with Gasteiger partial charge in [0.1, 0.15) is 15.5 Å². The fourth-order valence-corrected chi connectivity index (χ4v) is 5.81. The quantitative estimate of drug-likeness (QED) is 0.578. The highest BCUT2D eigenvalue weighted by Crippen LogP contribution is 2.39. The summed E-state index contributed by atoms with van der Waals surface area (Å²) in [7, 11) is 0. The summed E-state index contributed by atoms with van der Waals surface area (Å²) >= 11 is 3.68. The van der Waals surface area contributed by atoms with Crippen LogP contribution in [-0.2, 0) is 0 Å². The Labute approximate surface area is 148 Å². The number of rotatable bonds is 2. The lowest BCUT2D eigenvalue weighted by atomic mass is 9.97. The van der Waals surface area contributed by atoms with Gasteiger partial charge in [0.25, 0.3) is 0 Å². The maximum atomic E-state index is 4.90. The van der Waals surface area contributed by atoms with Crippen LogP contribution >= 0.6 is 22.7 Å². The first kappa shape index (κ1) is 14.6. The standard InChI is InChI=1S/C18H18N4S2/c1-11-9-22-10-13(2-3-16(22)20-11)17-21-18-15(24-17)8-14(23-18)12-4-6-19-7-5-12/h2-3,8-10,12,19H,4-7H2,1H3. The van der Waals surface area contributed by atoms with E-state index in [1.165, 1.54) is 27.2 Å². The summed E-state index contributed by atoms with van der Waals surface area (Å²) in [5, 5.41) is 4.54. The molecule has 0 unspecified atom stereocenters. The molecular weight excluding hydrogens is 336 g/mol. The van der Waals surface area contributed by atoms with Crippen LogP contribution in [0.3, 0.4) is 0 Å². The molecule has 0 spiro atoms. The van der Waals surface area contributed by atoms with E-state index in [-0.39, 0.29) is 0 Å². The number of hydrogen-bond donors (Lipinski definition) is 1. The van der Waals surface area contributed by atoms with E-state index in [2.05, 4.69) is 45.3 Å². The Kier molecular flexibility index (Phi) is 3.43. The van der Waals surface area contributed by atoms with Gasteiger partial charge in [-0.05, 0) is 57.0 Å². The highest BCUT2D eigenvalue weighted by atomic mass is 32.1. The van der Waals surface area contributed by atoms with Crippen molar-refractivity contribution in [1.29, 1.82) is 0 Å². The maximum Gasteiger partial charge on any atom is 0.136 e. The lowest BCUT2D eigenvalue weighted by Crippen LogP contribution is -2.26. The molecule has 0 saturated carbocycles. The summed E-state index contributed by atoms with van der Waals surface area (Å²) in [6.07, 6.45) is 6.68. The van der Waals surface area contributed by atoms with Crippen molar-refractivity contribution in [3.05, 3.63) is 41.2 Å². The Bertz CT molecular complexity index is 989. The molecular formula is C18H18N4S2. The molecule has 0 aromatic carbocycles. The second-order valence-electron chi connectivity index (χ2n) is 6.43. The average Bonchev–Trinajstić information content (AvgIpc) is 3.26. The van der Waals surface area contributed by atoms with Crippen molar-refractivity contribution in [3.8, 4) is 10.6 Å². The number of thiazole rings is 1. The lowest BCUT2D eigenvalue weighted by molar-refractivity contribution is 0.465. The van der Waals surface area contributed by atoms with Crippen molar-refractivity contribution in [2.24, 2.45) is 0 Å². The Hall–Kier alpha value is -1.76. The van der Waals surface area contributed by atoms with Gasteiger partial charge in [-0.25, -0.2) is 9.97 Å². The van der Waals surface area contributed by atoms with Gasteiger partial charge in [0.05, 0.1) is 10.4 Å². The molecule has 1 saturated heterocycles. The first-order valence-corrected chi connectivity index (χ1v) is 9.96. The second-order valence-corrected chi connectivity index (χ2v) is 8.52. The molecule has 1 N–H and O–H groups in total. The minimum Gasteiger partial charge on any atom is -0.317 e. The van der Waals surface area contributed by atoms with Crippen molar-refractivity contribution in [1.82, 2.24) is 19.7 Å². The molecule has 4 aromatic heterocycles. The van der Waals surface area contributed by atoms with Crippen molar-refractivity contribution in [2.75, 3.05) is 13.1 Å². The third kappa shape index (κ3) is 2.46. The van der Waals surface area contributed by atoms with Crippen molar-refractivity contribution >= 4 is 37.9 Å². The smallest absolute Gasteiger partial charge is 0.136 e. The SMILES string of the molecule is Cc1cn2cc(-c3nc4sc(C5CCNCC5)cc4s3)ccc2n1. The number of hydrogen-bond acceptors (Lipinski definition) is 5. The minimum atomic E-state index is 0.714. The topological polar surface area (TPSA) is 42.2 Å². The molecule has 5 heterocycles. The summed E-state index contributed by atoms with van der Waals surface area (Å²) in [5.41, 5.74) is 3.19. The van der Waals surface area contributed by atoms with Crippen LogP contribution in [0.15, 0.2) is 30.6 Å². The van der Waals surface area contributed by atoms with E-state index in [0.717, 1.165) is 35.0 Å². The molecule has 4 aromatic rings. The molecule has 0 radical (unpaired) electrons. The van der Waals surface area contributed by atoms with Crippen LogP contribution in [0.2, 0.25) is 0 Å². The molecule has 0 atom stereocenters. The van der Waals surface area contributed by atoms with Gasteiger partial charge in [-0.1, -0.05) is 0 Å². The van der Waals surface area contributed by atoms with E-state index in [4.69, 9.17) is 4.98 Å². The van der Waals surface area contributed by atoms with Crippen LogP contribution in [0.4, 0.5) is 0 Å².